The van der Waals surface area contributed by atoms with Gasteiger partial charge in [-0.3, -0.25) is 4.79 Å². The molecule has 2 saturated heterocycles. The molecule has 0 radical (unpaired) electrons. The Balaban J connectivity index is 1.88. The maximum atomic E-state index is 13.0. The molecule has 1 amide bonds. The van der Waals surface area contributed by atoms with Crippen LogP contribution in [0.5, 0.6) is 11.5 Å². The van der Waals surface area contributed by atoms with E-state index in [9.17, 15) is 13.2 Å². The fourth-order valence-electron chi connectivity index (χ4n) is 2.98. The fourth-order valence-corrected chi connectivity index (χ4v) is 4.67. The number of morpholine rings is 1. The molecule has 1 unspecified atom stereocenters. The van der Waals surface area contributed by atoms with Gasteiger partial charge in [0.1, 0.15) is 28.6 Å². The van der Waals surface area contributed by atoms with Crippen molar-refractivity contribution in [3.05, 3.63) is 18.2 Å². The number of amides is 1. The van der Waals surface area contributed by atoms with Crippen molar-refractivity contribution in [1.82, 2.24) is 9.62 Å². The number of nitrogens with one attached hydrogen (secondary N) is 1. The van der Waals surface area contributed by atoms with Crippen LogP contribution < -0.4 is 14.8 Å². The zero-order chi connectivity index (χ0) is 17.4. The topological polar surface area (TPSA) is 94.2 Å². The van der Waals surface area contributed by atoms with E-state index >= 15 is 0 Å². The zero-order valence-corrected chi connectivity index (χ0v) is 14.4. The molecule has 1 aromatic carbocycles. The number of ether oxygens (including phenoxy) is 3. The Kier molecular flexibility index (Phi) is 4.41. The number of hydrogen-bond acceptors (Lipinski definition) is 6. The van der Waals surface area contributed by atoms with Crippen LogP contribution in [0, 0.1) is 0 Å². The summed E-state index contributed by atoms with van der Waals surface area (Å²) in [6, 6.07) is 4.65. The highest BCUT2D eigenvalue weighted by Gasteiger charge is 2.46. The van der Waals surface area contributed by atoms with Crippen molar-refractivity contribution in [2.75, 3.05) is 40.5 Å². The minimum Gasteiger partial charge on any atom is -0.497 e. The van der Waals surface area contributed by atoms with Crippen LogP contribution in [0.1, 0.15) is 6.42 Å². The van der Waals surface area contributed by atoms with Gasteiger partial charge in [0, 0.05) is 25.7 Å². The molecule has 1 N–H and O–H groups in total. The van der Waals surface area contributed by atoms with Gasteiger partial charge in [-0.25, -0.2) is 8.42 Å². The second-order valence-corrected chi connectivity index (χ2v) is 7.76. The second kappa shape index (κ2) is 6.23. The average Bonchev–Trinajstić information content (AvgIpc) is 3.02. The van der Waals surface area contributed by atoms with E-state index in [-0.39, 0.29) is 29.7 Å². The van der Waals surface area contributed by atoms with Crippen LogP contribution in [0.25, 0.3) is 0 Å². The van der Waals surface area contributed by atoms with Crippen LogP contribution in [0.15, 0.2) is 23.1 Å². The van der Waals surface area contributed by atoms with Crippen LogP contribution >= 0.6 is 0 Å². The van der Waals surface area contributed by atoms with Crippen molar-refractivity contribution in [3.63, 3.8) is 0 Å². The quantitative estimate of drug-likeness (QED) is 0.815. The van der Waals surface area contributed by atoms with Gasteiger partial charge in [0.25, 0.3) is 0 Å². The predicted molar refractivity (Wildman–Crippen MR) is 84.6 cm³/mol. The molecule has 0 bridgehead atoms. The van der Waals surface area contributed by atoms with Gasteiger partial charge in [0.15, 0.2) is 0 Å². The van der Waals surface area contributed by atoms with Crippen LogP contribution in [0.2, 0.25) is 0 Å². The van der Waals surface area contributed by atoms with Crippen LogP contribution in [0.4, 0.5) is 0 Å². The molecule has 24 heavy (non-hydrogen) atoms. The number of sulfonamides is 1. The van der Waals surface area contributed by atoms with E-state index in [1.165, 1.54) is 24.6 Å². The van der Waals surface area contributed by atoms with Gasteiger partial charge >= 0.3 is 0 Å². The average molecular weight is 356 g/mol. The number of rotatable bonds is 4. The summed E-state index contributed by atoms with van der Waals surface area (Å²) in [6.07, 6.45) is 0.527. The summed E-state index contributed by atoms with van der Waals surface area (Å²) in [7, 11) is -0.871. The third-order valence-electron chi connectivity index (χ3n) is 4.39. The molecule has 3 rings (SSSR count). The molecule has 9 heteroatoms. The molecule has 2 fully saturated rings. The molecule has 2 aliphatic heterocycles. The Labute approximate surface area is 140 Å². The monoisotopic (exact) mass is 356 g/mol. The summed E-state index contributed by atoms with van der Waals surface area (Å²) in [5.41, 5.74) is -0.660. The Hall–Kier alpha value is -1.84. The lowest BCUT2D eigenvalue weighted by atomic mass is 10.0. The van der Waals surface area contributed by atoms with Crippen molar-refractivity contribution >= 4 is 15.9 Å². The molecule has 2 heterocycles. The van der Waals surface area contributed by atoms with Gasteiger partial charge in [0.05, 0.1) is 14.2 Å². The van der Waals surface area contributed by atoms with E-state index in [4.69, 9.17) is 14.2 Å². The fraction of sp³-hybridized carbons (Fsp3) is 0.533. The van der Waals surface area contributed by atoms with Crippen LogP contribution in [0.3, 0.4) is 0 Å². The number of nitrogens with zero attached hydrogens (tertiary/aromatic N) is 1. The number of hydrogen-bond donors (Lipinski definition) is 1. The van der Waals surface area contributed by atoms with Crippen molar-refractivity contribution in [2.45, 2.75) is 16.9 Å². The Morgan fingerprint density at radius 3 is 2.71 bits per heavy atom. The summed E-state index contributed by atoms with van der Waals surface area (Å²) in [5, 5.41) is 2.74. The lowest BCUT2D eigenvalue weighted by molar-refractivity contribution is -0.141. The van der Waals surface area contributed by atoms with Gasteiger partial charge in [-0.05, 0) is 18.6 Å². The Morgan fingerprint density at radius 2 is 2.08 bits per heavy atom. The van der Waals surface area contributed by atoms with E-state index in [2.05, 4.69) is 5.32 Å². The normalized spacial score (nSPS) is 24.8. The highest BCUT2D eigenvalue weighted by atomic mass is 32.2. The predicted octanol–water partition coefficient (Wildman–Crippen LogP) is -0.0166. The molecule has 1 spiro atoms. The first-order valence-corrected chi connectivity index (χ1v) is 8.97. The number of benzene rings is 1. The van der Waals surface area contributed by atoms with E-state index in [0.717, 1.165) is 0 Å². The lowest BCUT2D eigenvalue weighted by Gasteiger charge is -2.33. The summed E-state index contributed by atoms with van der Waals surface area (Å²) >= 11 is 0. The Morgan fingerprint density at radius 1 is 1.29 bits per heavy atom. The highest BCUT2D eigenvalue weighted by Crippen LogP contribution is 2.35. The summed E-state index contributed by atoms with van der Waals surface area (Å²) < 4.78 is 43.3. The first-order valence-electron chi connectivity index (χ1n) is 7.53. The standard InChI is InChI=1S/C15H20N2O6S/c1-21-11-3-4-12(22-2)13(7-11)24(19,20)17-6-5-15(10-17)9-16-14(18)8-23-15/h3-4,7H,5-6,8-10H2,1-2H3,(H,16,18). The summed E-state index contributed by atoms with van der Waals surface area (Å²) in [6.45, 7) is 0.776. The highest BCUT2D eigenvalue weighted by molar-refractivity contribution is 7.89. The van der Waals surface area contributed by atoms with Crippen molar-refractivity contribution in [3.8, 4) is 11.5 Å². The van der Waals surface area contributed by atoms with E-state index < -0.39 is 15.6 Å². The Bertz CT molecular complexity index is 738. The zero-order valence-electron chi connectivity index (χ0n) is 13.6. The second-order valence-electron chi connectivity index (χ2n) is 5.85. The minimum absolute atomic E-state index is 0.0453. The maximum absolute atomic E-state index is 13.0. The lowest BCUT2D eigenvalue weighted by Crippen LogP contribution is -2.54. The number of carbonyl (C=O) groups excluding carboxylic acids is 1. The number of carbonyl (C=O) groups is 1. The summed E-state index contributed by atoms with van der Waals surface area (Å²) in [5.74, 6) is 0.510. The van der Waals surface area contributed by atoms with Crippen LogP contribution in [-0.2, 0) is 19.6 Å². The van der Waals surface area contributed by atoms with Gasteiger partial charge in [0.2, 0.25) is 15.9 Å². The SMILES string of the molecule is COc1ccc(OC)c(S(=O)(=O)N2CCC3(CNC(=O)CO3)C2)c1. The molecule has 1 atom stereocenters. The van der Waals surface area contributed by atoms with Crippen molar-refractivity contribution in [2.24, 2.45) is 0 Å². The summed E-state index contributed by atoms with van der Waals surface area (Å²) in [4.78, 5) is 11.3. The molecule has 1 aromatic rings. The van der Waals surface area contributed by atoms with Crippen molar-refractivity contribution in [1.29, 1.82) is 0 Å². The van der Waals surface area contributed by atoms with Gasteiger partial charge in [-0.2, -0.15) is 4.31 Å². The number of methoxy groups -OCH3 is 2. The molecular weight excluding hydrogens is 336 g/mol. The third-order valence-corrected chi connectivity index (χ3v) is 6.25. The van der Waals surface area contributed by atoms with Gasteiger partial charge in [-0.15, -0.1) is 0 Å². The molecule has 132 valence electrons. The van der Waals surface area contributed by atoms with Crippen molar-refractivity contribution < 1.29 is 27.4 Å². The van der Waals surface area contributed by atoms with E-state index in [1.807, 2.05) is 0 Å². The molecule has 2 aliphatic rings. The van der Waals surface area contributed by atoms with Crippen LogP contribution in [-0.4, -0.2) is 64.7 Å². The van der Waals surface area contributed by atoms with E-state index in [0.29, 0.717) is 25.3 Å². The molecule has 8 nitrogen and oxygen atoms in total. The first kappa shape index (κ1) is 17.0. The van der Waals surface area contributed by atoms with Gasteiger partial charge in [-0.1, -0.05) is 0 Å². The largest absolute Gasteiger partial charge is 0.497 e. The minimum atomic E-state index is -3.77. The first-order chi connectivity index (χ1) is 11.4. The third kappa shape index (κ3) is 2.94. The molecule has 0 aromatic heterocycles. The molecule has 0 aliphatic carbocycles. The maximum Gasteiger partial charge on any atom is 0.246 e. The molecule has 0 saturated carbocycles. The van der Waals surface area contributed by atoms with E-state index in [1.54, 1.807) is 12.1 Å². The molecular formula is C15H20N2O6S. The van der Waals surface area contributed by atoms with Gasteiger partial charge < -0.3 is 19.5 Å². The smallest absolute Gasteiger partial charge is 0.246 e.